The fourth-order valence-corrected chi connectivity index (χ4v) is 6.29. The van der Waals surface area contributed by atoms with Crippen molar-refractivity contribution < 1.29 is 4.79 Å². The summed E-state index contributed by atoms with van der Waals surface area (Å²) >= 11 is 1.88. The summed E-state index contributed by atoms with van der Waals surface area (Å²) in [5, 5.41) is 0.176. The van der Waals surface area contributed by atoms with Gasteiger partial charge in [0, 0.05) is 16.9 Å². The second-order valence-corrected chi connectivity index (χ2v) is 9.02. The Hall–Kier alpha value is -2.52. The predicted molar refractivity (Wildman–Crippen MR) is 114 cm³/mol. The Morgan fingerprint density at radius 1 is 0.821 bits per heavy atom. The van der Waals surface area contributed by atoms with E-state index in [1.165, 1.54) is 11.1 Å². The molecule has 1 amide bonds. The van der Waals surface area contributed by atoms with Gasteiger partial charge in [-0.3, -0.25) is 4.79 Å². The Balaban J connectivity index is 1.56. The SMILES string of the molecule is O=C1c2ccccc2SC2N1CCC2(Cc1ccccc1)Cc1ccccc1. The molecule has 3 heteroatoms. The summed E-state index contributed by atoms with van der Waals surface area (Å²) in [6, 6.07) is 29.6. The molecule has 2 heterocycles. The highest BCUT2D eigenvalue weighted by atomic mass is 32.2. The van der Waals surface area contributed by atoms with Crippen LogP contribution < -0.4 is 0 Å². The van der Waals surface area contributed by atoms with E-state index in [0.717, 1.165) is 36.3 Å². The number of thioether (sulfide) groups is 1. The zero-order chi connectivity index (χ0) is 19.0. The molecule has 1 fully saturated rings. The number of nitrogens with zero attached hydrogens (tertiary/aromatic N) is 1. The van der Waals surface area contributed by atoms with E-state index < -0.39 is 0 Å². The minimum Gasteiger partial charge on any atom is -0.326 e. The van der Waals surface area contributed by atoms with Gasteiger partial charge in [-0.05, 0) is 42.5 Å². The molecule has 140 valence electrons. The quantitative estimate of drug-likeness (QED) is 0.596. The van der Waals surface area contributed by atoms with Crippen molar-refractivity contribution in [3.63, 3.8) is 0 Å². The molecule has 0 aromatic heterocycles. The number of rotatable bonds is 4. The van der Waals surface area contributed by atoms with E-state index >= 15 is 0 Å². The highest BCUT2D eigenvalue weighted by Gasteiger charge is 2.51. The molecule has 3 aromatic rings. The van der Waals surface area contributed by atoms with Crippen molar-refractivity contribution in [2.75, 3.05) is 6.54 Å². The first-order valence-electron chi connectivity index (χ1n) is 9.90. The van der Waals surface area contributed by atoms with Gasteiger partial charge in [0.2, 0.25) is 0 Å². The van der Waals surface area contributed by atoms with Gasteiger partial charge in [0.05, 0.1) is 10.9 Å². The minimum absolute atomic E-state index is 0.0383. The molecule has 1 saturated heterocycles. The van der Waals surface area contributed by atoms with Gasteiger partial charge in [0.25, 0.3) is 5.91 Å². The van der Waals surface area contributed by atoms with E-state index in [1.54, 1.807) is 0 Å². The third-order valence-corrected chi connectivity index (χ3v) is 7.66. The molecule has 28 heavy (non-hydrogen) atoms. The minimum atomic E-state index is 0.0383. The molecule has 0 N–H and O–H groups in total. The molecule has 3 aromatic carbocycles. The van der Waals surface area contributed by atoms with E-state index in [2.05, 4.69) is 71.6 Å². The van der Waals surface area contributed by atoms with Crippen LogP contribution in [0.3, 0.4) is 0 Å². The highest BCUT2D eigenvalue weighted by molar-refractivity contribution is 8.00. The van der Waals surface area contributed by atoms with Crippen molar-refractivity contribution in [1.82, 2.24) is 4.90 Å². The summed E-state index contributed by atoms with van der Waals surface area (Å²) in [5.41, 5.74) is 3.61. The summed E-state index contributed by atoms with van der Waals surface area (Å²) in [6.07, 6.45) is 3.02. The molecular formula is C25H23NOS. The van der Waals surface area contributed by atoms with Gasteiger partial charge in [-0.25, -0.2) is 0 Å². The number of carbonyl (C=O) groups is 1. The lowest BCUT2D eigenvalue weighted by molar-refractivity contribution is 0.0736. The first-order valence-corrected chi connectivity index (χ1v) is 10.8. The second kappa shape index (κ2) is 7.14. The van der Waals surface area contributed by atoms with Gasteiger partial charge in [-0.15, -0.1) is 0 Å². The lowest BCUT2D eigenvalue weighted by Gasteiger charge is -2.41. The topological polar surface area (TPSA) is 20.3 Å². The molecule has 0 saturated carbocycles. The maximum Gasteiger partial charge on any atom is 0.255 e. The third-order valence-electron chi connectivity index (χ3n) is 6.07. The lowest BCUT2D eigenvalue weighted by atomic mass is 9.75. The molecule has 2 nitrogen and oxygen atoms in total. The Kier molecular flexibility index (Phi) is 4.48. The zero-order valence-corrected chi connectivity index (χ0v) is 16.6. The fraction of sp³-hybridized carbons (Fsp3) is 0.240. The van der Waals surface area contributed by atoms with Crippen molar-refractivity contribution in [3.8, 4) is 0 Å². The molecule has 0 radical (unpaired) electrons. The van der Waals surface area contributed by atoms with Crippen LogP contribution in [0.4, 0.5) is 0 Å². The van der Waals surface area contributed by atoms with Crippen LogP contribution in [0.25, 0.3) is 0 Å². The van der Waals surface area contributed by atoms with E-state index in [0.29, 0.717) is 0 Å². The van der Waals surface area contributed by atoms with E-state index in [4.69, 9.17) is 0 Å². The van der Waals surface area contributed by atoms with Crippen LogP contribution in [0.15, 0.2) is 89.8 Å². The van der Waals surface area contributed by atoms with Crippen molar-refractivity contribution >= 4 is 17.7 Å². The van der Waals surface area contributed by atoms with Crippen LogP contribution >= 0.6 is 11.8 Å². The first kappa shape index (κ1) is 17.6. The Morgan fingerprint density at radius 3 is 2.04 bits per heavy atom. The van der Waals surface area contributed by atoms with Gasteiger partial charge >= 0.3 is 0 Å². The maximum atomic E-state index is 13.2. The number of benzene rings is 3. The molecule has 0 bridgehead atoms. The van der Waals surface area contributed by atoms with Crippen LogP contribution in [0.5, 0.6) is 0 Å². The summed E-state index contributed by atoms with van der Waals surface area (Å²) in [6.45, 7) is 0.838. The van der Waals surface area contributed by atoms with Gasteiger partial charge in [0.1, 0.15) is 0 Å². The Bertz CT molecular complexity index is 944. The molecule has 0 spiro atoms. The standard InChI is InChI=1S/C25H23NOS/c27-23-21-13-7-8-14-22(21)28-24-25(15-16-26(23)24,17-19-9-3-1-4-10-19)18-20-11-5-2-6-12-20/h1-14,24H,15-18H2. The van der Waals surface area contributed by atoms with Crippen molar-refractivity contribution in [1.29, 1.82) is 0 Å². The second-order valence-electron chi connectivity index (χ2n) is 7.90. The third kappa shape index (κ3) is 3.04. The predicted octanol–water partition coefficient (Wildman–Crippen LogP) is 5.44. The average Bonchev–Trinajstić information content (AvgIpc) is 3.08. The van der Waals surface area contributed by atoms with Crippen LogP contribution in [-0.4, -0.2) is 22.7 Å². The summed E-state index contributed by atoms with van der Waals surface area (Å²) < 4.78 is 0. The van der Waals surface area contributed by atoms with Gasteiger partial charge in [-0.1, -0.05) is 84.6 Å². The normalized spacial score (nSPS) is 19.9. The van der Waals surface area contributed by atoms with Gasteiger partial charge in [-0.2, -0.15) is 0 Å². The molecular weight excluding hydrogens is 362 g/mol. The van der Waals surface area contributed by atoms with Crippen molar-refractivity contribution in [2.45, 2.75) is 29.5 Å². The molecule has 2 aliphatic rings. The van der Waals surface area contributed by atoms with E-state index in [-0.39, 0.29) is 16.7 Å². The largest absolute Gasteiger partial charge is 0.326 e. The van der Waals surface area contributed by atoms with Crippen LogP contribution in [0.2, 0.25) is 0 Å². The fourth-order valence-electron chi connectivity index (χ4n) is 4.75. The van der Waals surface area contributed by atoms with Crippen LogP contribution in [-0.2, 0) is 12.8 Å². The molecule has 2 aliphatic heterocycles. The number of hydrogen-bond donors (Lipinski definition) is 0. The number of carbonyl (C=O) groups excluding carboxylic acids is 1. The van der Waals surface area contributed by atoms with E-state index in [9.17, 15) is 4.79 Å². The van der Waals surface area contributed by atoms with Gasteiger partial charge in [0.15, 0.2) is 0 Å². The van der Waals surface area contributed by atoms with Crippen LogP contribution in [0, 0.1) is 5.41 Å². The highest BCUT2D eigenvalue weighted by Crippen LogP contribution is 2.52. The lowest BCUT2D eigenvalue weighted by Crippen LogP contribution is -2.45. The molecule has 0 aliphatic carbocycles. The zero-order valence-electron chi connectivity index (χ0n) is 15.8. The summed E-state index contributed by atoms with van der Waals surface area (Å²) in [5.74, 6) is 0.197. The van der Waals surface area contributed by atoms with Crippen molar-refractivity contribution in [2.24, 2.45) is 5.41 Å². The van der Waals surface area contributed by atoms with Crippen LogP contribution in [0.1, 0.15) is 27.9 Å². The summed E-state index contributed by atoms with van der Waals surface area (Å²) in [7, 11) is 0. The first-order chi connectivity index (χ1) is 13.8. The number of hydrogen-bond acceptors (Lipinski definition) is 2. The maximum absolute atomic E-state index is 13.2. The summed E-state index contributed by atoms with van der Waals surface area (Å²) in [4.78, 5) is 16.5. The molecule has 1 unspecified atom stereocenters. The number of fused-ring (bicyclic) bond motifs is 2. The Labute approximate surface area is 170 Å². The average molecular weight is 386 g/mol. The molecule has 5 rings (SSSR count). The van der Waals surface area contributed by atoms with E-state index in [1.807, 2.05) is 30.0 Å². The number of amides is 1. The Morgan fingerprint density at radius 2 is 1.39 bits per heavy atom. The smallest absolute Gasteiger partial charge is 0.255 e. The molecule has 1 atom stereocenters. The van der Waals surface area contributed by atoms with Crippen molar-refractivity contribution in [3.05, 3.63) is 102 Å². The van der Waals surface area contributed by atoms with Gasteiger partial charge < -0.3 is 4.90 Å². The monoisotopic (exact) mass is 385 g/mol.